The van der Waals surface area contributed by atoms with E-state index < -0.39 is 0 Å². The highest BCUT2D eigenvalue weighted by Crippen LogP contribution is 2.34. The van der Waals surface area contributed by atoms with E-state index in [0.717, 1.165) is 32.0 Å². The third-order valence-electron chi connectivity index (χ3n) is 3.43. The number of hydrogen-bond acceptors (Lipinski definition) is 4. The van der Waals surface area contributed by atoms with Crippen LogP contribution in [0.15, 0.2) is 6.07 Å². The summed E-state index contributed by atoms with van der Waals surface area (Å²) in [5.41, 5.74) is 0.321. The van der Waals surface area contributed by atoms with E-state index in [4.69, 9.17) is 16.9 Å². The van der Waals surface area contributed by atoms with E-state index in [1.807, 2.05) is 6.07 Å². The van der Waals surface area contributed by atoms with Crippen LogP contribution in [0.5, 0.6) is 0 Å². The highest BCUT2D eigenvalue weighted by atomic mass is 35.5. The van der Waals surface area contributed by atoms with E-state index in [1.165, 1.54) is 0 Å². The first-order valence-electron chi connectivity index (χ1n) is 5.59. The largest absolute Gasteiger partial charge is 0.662 e. The third-order valence-corrected chi connectivity index (χ3v) is 3.60. The molecule has 1 aromatic rings. The van der Waals surface area contributed by atoms with Gasteiger partial charge in [0.2, 0.25) is 5.28 Å². The summed E-state index contributed by atoms with van der Waals surface area (Å²) in [5.74, 6) is 2.03. The van der Waals surface area contributed by atoms with Crippen molar-refractivity contribution < 1.29 is 0 Å². The lowest BCUT2D eigenvalue weighted by molar-refractivity contribution is 0.533. The standard InChI is InChI=1S/C11H11ClN5/c12-11-15-9(2-13)1-10(16-11)17-5-7-3-14-4-8(7)6-17/h1,7-8H,3-6H2/q-1. The summed E-state index contributed by atoms with van der Waals surface area (Å²) in [6.45, 7) is 3.80. The van der Waals surface area contributed by atoms with Crippen LogP contribution in [0, 0.1) is 23.2 Å². The van der Waals surface area contributed by atoms with Crippen molar-refractivity contribution >= 4 is 17.4 Å². The number of anilines is 1. The summed E-state index contributed by atoms with van der Waals surface area (Å²) in [4.78, 5) is 10.2. The predicted molar refractivity (Wildman–Crippen MR) is 64.0 cm³/mol. The molecule has 17 heavy (non-hydrogen) atoms. The number of rotatable bonds is 1. The molecule has 2 aliphatic heterocycles. The molecule has 0 spiro atoms. The minimum Gasteiger partial charge on any atom is -0.662 e. The van der Waals surface area contributed by atoms with Gasteiger partial charge in [0.25, 0.3) is 0 Å². The maximum absolute atomic E-state index is 8.86. The summed E-state index contributed by atoms with van der Waals surface area (Å²) in [6.07, 6.45) is 0. The molecule has 1 aromatic heterocycles. The topological polar surface area (TPSA) is 66.9 Å². The Hall–Kier alpha value is -1.38. The first kappa shape index (κ1) is 10.8. The molecule has 0 N–H and O–H groups in total. The molecule has 0 radical (unpaired) electrons. The van der Waals surface area contributed by atoms with Crippen molar-refractivity contribution in [3.8, 4) is 6.07 Å². The summed E-state index contributed by atoms with van der Waals surface area (Å²) in [5, 5.41) is 13.4. The number of hydrogen-bond donors (Lipinski definition) is 0. The molecule has 0 amide bonds. The van der Waals surface area contributed by atoms with Gasteiger partial charge in [-0.1, -0.05) is 0 Å². The molecule has 0 bridgehead atoms. The first-order chi connectivity index (χ1) is 8.26. The van der Waals surface area contributed by atoms with Crippen molar-refractivity contribution in [2.45, 2.75) is 0 Å². The van der Waals surface area contributed by atoms with Gasteiger partial charge in [-0.15, -0.1) is 13.1 Å². The molecule has 0 saturated carbocycles. The lowest BCUT2D eigenvalue weighted by atomic mass is 10.0. The van der Waals surface area contributed by atoms with Gasteiger partial charge in [-0.3, -0.25) is 0 Å². The zero-order valence-corrected chi connectivity index (χ0v) is 9.93. The molecule has 2 saturated heterocycles. The number of halogens is 1. The zero-order valence-electron chi connectivity index (χ0n) is 9.17. The Morgan fingerprint density at radius 1 is 1.35 bits per heavy atom. The molecular weight excluding hydrogens is 238 g/mol. The minimum atomic E-state index is 0.140. The molecule has 0 aromatic carbocycles. The van der Waals surface area contributed by atoms with E-state index in [2.05, 4.69) is 20.2 Å². The van der Waals surface area contributed by atoms with Gasteiger partial charge >= 0.3 is 0 Å². The Labute approximate surface area is 104 Å². The molecule has 2 aliphatic rings. The van der Waals surface area contributed by atoms with Crippen LogP contribution in [0.25, 0.3) is 5.32 Å². The molecule has 2 unspecified atom stereocenters. The Kier molecular flexibility index (Phi) is 2.61. The van der Waals surface area contributed by atoms with Crippen LogP contribution in [-0.2, 0) is 0 Å². The van der Waals surface area contributed by atoms with Crippen LogP contribution < -0.4 is 4.90 Å². The zero-order chi connectivity index (χ0) is 11.8. The lowest BCUT2D eigenvalue weighted by Gasteiger charge is -2.21. The Morgan fingerprint density at radius 3 is 2.71 bits per heavy atom. The van der Waals surface area contributed by atoms with Gasteiger partial charge in [0, 0.05) is 19.2 Å². The smallest absolute Gasteiger partial charge is 0.225 e. The summed E-state index contributed by atoms with van der Waals surface area (Å²) < 4.78 is 0. The molecule has 5 nitrogen and oxygen atoms in total. The number of aromatic nitrogens is 2. The molecule has 2 atom stereocenters. The average Bonchev–Trinajstić information content (AvgIpc) is 2.88. The minimum absolute atomic E-state index is 0.140. The van der Waals surface area contributed by atoms with Crippen LogP contribution in [0.4, 0.5) is 5.82 Å². The maximum Gasteiger partial charge on any atom is 0.225 e. The van der Waals surface area contributed by atoms with E-state index in [0.29, 0.717) is 17.5 Å². The van der Waals surface area contributed by atoms with Gasteiger partial charge in [-0.2, -0.15) is 5.26 Å². The monoisotopic (exact) mass is 248 g/mol. The quantitative estimate of drug-likeness (QED) is 0.706. The fraction of sp³-hybridized carbons (Fsp3) is 0.545. The summed E-state index contributed by atoms with van der Waals surface area (Å²) in [6, 6.07) is 3.70. The van der Waals surface area contributed by atoms with Crippen LogP contribution in [0.2, 0.25) is 5.28 Å². The van der Waals surface area contributed by atoms with E-state index in [9.17, 15) is 0 Å². The van der Waals surface area contributed by atoms with Gasteiger partial charge in [-0.05, 0) is 23.4 Å². The van der Waals surface area contributed by atoms with Gasteiger partial charge in [0.1, 0.15) is 17.6 Å². The van der Waals surface area contributed by atoms with Gasteiger partial charge < -0.3 is 10.2 Å². The maximum atomic E-state index is 8.86. The van der Waals surface area contributed by atoms with Crippen LogP contribution in [0.3, 0.4) is 0 Å². The molecule has 2 fully saturated rings. The van der Waals surface area contributed by atoms with Crippen molar-refractivity contribution in [2.75, 3.05) is 31.1 Å². The second-order valence-corrected chi connectivity index (χ2v) is 4.84. The fourth-order valence-corrected chi connectivity index (χ4v) is 2.75. The summed E-state index contributed by atoms with van der Waals surface area (Å²) >= 11 is 5.81. The Balaban J connectivity index is 1.86. The first-order valence-corrected chi connectivity index (χ1v) is 5.97. The number of fused-ring (bicyclic) bond motifs is 1. The SMILES string of the molecule is N#Cc1cc(N2CC3C[N-]CC3C2)nc(Cl)n1. The van der Waals surface area contributed by atoms with E-state index >= 15 is 0 Å². The number of nitrogens with zero attached hydrogens (tertiary/aromatic N) is 5. The van der Waals surface area contributed by atoms with Crippen molar-refractivity contribution in [3.05, 3.63) is 22.4 Å². The Bertz CT molecular complexity index is 471. The highest BCUT2D eigenvalue weighted by molar-refractivity contribution is 6.28. The molecule has 3 heterocycles. The summed E-state index contributed by atoms with van der Waals surface area (Å²) in [7, 11) is 0. The second-order valence-electron chi connectivity index (χ2n) is 4.51. The molecule has 88 valence electrons. The van der Waals surface area contributed by atoms with Crippen molar-refractivity contribution in [1.29, 1.82) is 5.26 Å². The van der Waals surface area contributed by atoms with Crippen molar-refractivity contribution in [3.63, 3.8) is 0 Å². The van der Waals surface area contributed by atoms with E-state index in [-0.39, 0.29) is 5.28 Å². The van der Waals surface area contributed by atoms with Crippen LogP contribution >= 0.6 is 11.6 Å². The molecule has 0 aliphatic carbocycles. The van der Waals surface area contributed by atoms with Crippen LogP contribution in [0.1, 0.15) is 5.69 Å². The molecule has 3 rings (SSSR count). The normalized spacial score (nSPS) is 26.9. The predicted octanol–water partition coefficient (Wildman–Crippen LogP) is 1.44. The van der Waals surface area contributed by atoms with Crippen molar-refractivity contribution in [1.82, 2.24) is 9.97 Å². The van der Waals surface area contributed by atoms with Gasteiger partial charge in [0.05, 0.1) is 0 Å². The highest BCUT2D eigenvalue weighted by Gasteiger charge is 2.32. The van der Waals surface area contributed by atoms with Gasteiger partial charge in [0.15, 0.2) is 0 Å². The van der Waals surface area contributed by atoms with E-state index in [1.54, 1.807) is 6.07 Å². The molecular formula is C11H11ClN5-. The van der Waals surface area contributed by atoms with Gasteiger partial charge in [-0.25, -0.2) is 9.97 Å². The lowest BCUT2D eigenvalue weighted by Crippen LogP contribution is -2.23. The second kappa shape index (κ2) is 4.13. The fourth-order valence-electron chi connectivity index (χ4n) is 2.57. The van der Waals surface area contributed by atoms with Crippen molar-refractivity contribution in [2.24, 2.45) is 11.8 Å². The Morgan fingerprint density at radius 2 is 2.06 bits per heavy atom. The van der Waals surface area contributed by atoms with Crippen LogP contribution in [-0.4, -0.2) is 36.1 Å². The third kappa shape index (κ3) is 1.94. The number of nitriles is 1. The molecule has 6 heteroatoms. The average molecular weight is 249 g/mol.